The summed E-state index contributed by atoms with van der Waals surface area (Å²) < 4.78 is 27.5. The lowest BCUT2D eigenvalue weighted by Crippen LogP contribution is -2.30. The van der Waals surface area contributed by atoms with E-state index in [0.717, 1.165) is 26.1 Å². The summed E-state index contributed by atoms with van der Waals surface area (Å²) in [5, 5.41) is 3.05. The van der Waals surface area contributed by atoms with Crippen molar-refractivity contribution in [2.24, 2.45) is 0 Å². The third-order valence-corrected chi connectivity index (χ3v) is 5.00. The Morgan fingerprint density at radius 1 is 1.18 bits per heavy atom. The zero-order valence-electron chi connectivity index (χ0n) is 13.7. The van der Waals surface area contributed by atoms with Crippen LogP contribution in [0.4, 0.5) is 11.4 Å². The molecule has 22 heavy (non-hydrogen) atoms. The summed E-state index contributed by atoms with van der Waals surface area (Å²) in [6, 6.07) is 4.88. The van der Waals surface area contributed by atoms with E-state index in [1.807, 2.05) is 6.92 Å². The molecule has 1 aromatic rings. The highest BCUT2D eigenvalue weighted by Crippen LogP contribution is 2.23. The highest BCUT2D eigenvalue weighted by molar-refractivity contribution is 7.89. The van der Waals surface area contributed by atoms with Crippen molar-refractivity contribution < 1.29 is 8.42 Å². The summed E-state index contributed by atoms with van der Waals surface area (Å²) in [7, 11) is -3.56. The highest BCUT2D eigenvalue weighted by Gasteiger charge is 2.18. The normalized spacial score (nSPS) is 11.8. The van der Waals surface area contributed by atoms with Crippen LogP contribution in [0.25, 0.3) is 0 Å². The molecule has 0 aromatic heterocycles. The first-order chi connectivity index (χ1) is 10.4. The molecule has 0 atom stereocenters. The number of benzene rings is 1. The standard InChI is InChI=1S/C15H28N4O2S/c1-4-17-14-9-8-13(16)12-15(14)22(20,21)18-10-7-11-19(5-2)6-3/h8-9,12,17-18H,4-7,10-11,16H2,1-3H3. The third kappa shape index (κ3) is 5.47. The predicted molar refractivity (Wildman–Crippen MR) is 92.6 cm³/mol. The van der Waals surface area contributed by atoms with Crippen molar-refractivity contribution in [3.63, 3.8) is 0 Å². The molecule has 0 saturated heterocycles. The van der Waals surface area contributed by atoms with Gasteiger partial charge in [-0.2, -0.15) is 0 Å². The van der Waals surface area contributed by atoms with E-state index in [4.69, 9.17) is 5.73 Å². The monoisotopic (exact) mass is 328 g/mol. The van der Waals surface area contributed by atoms with Crippen LogP contribution in [0.5, 0.6) is 0 Å². The summed E-state index contributed by atoms with van der Waals surface area (Å²) in [5.74, 6) is 0. The Bertz CT molecular complexity index is 557. The molecule has 0 unspecified atom stereocenters. The summed E-state index contributed by atoms with van der Waals surface area (Å²) in [6.07, 6.45) is 0.778. The van der Waals surface area contributed by atoms with Crippen molar-refractivity contribution in [1.29, 1.82) is 0 Å². The van der Waals surface area contributed by atoms with Gasteiger partial charge >= 0.3 is 0 Å². The predicted octanol–water partition coefficient (Wildman–Crippen LogP) is 1.71. The lowest BCUT2D eigenvalue weighted by atomic mass is 10.3. The fourth-order valence-corrected chi connectivity index (χ4v) is 3.51. The molecule has 1 rings (SSSR count). The van der Waals surface area contributed by atoms with E-state index < -0.39 is 10.0 Å². The molecule has 6 nitrogen and oxygen atoms in total. The van der Waals surface area contributed by atoms with Gasteiger partial charge in [0.05, 0.1) is 5.69 Å². The van der Waals surface area contributed by atoms with Crippen LogP contribution in [0.1, 0.15) is 27.2 Å². The number of hydrogen-bond donors (Lipinski definition) is 3. The molecular weight excluding hydrogens is 300 g/mol. The molecule has 126 valence electrons. The zero-order chi connectivity index (χ0) is 16.6. The van der Waals surface area contributed by atoms with Gasteiger partial charge in [-0.3, -0.25) is 0 Å². The number of nitrogens with one attached hydrogen (secondary N) is 2. The Kier molecular flexibility index (Phi) is 7.64. The molecule has 4 N–H and O–H groups in total. The van der Waals surface area contributed by atoms with Crippen molar-refractivity contribution in [3.05, 3.63) is 18.2 Å². The second-order valence-corrected chi connectivity index (χ2v) is 6.80. The van der Waals surface area contributed by atoms with Gasteiger partial charge in [0.1, 0.15) is 4.90 Å². The molecule has 0 saturated carbocycles. The molecule has 0 spiro atoms. The minimum atomic E-state index is -3.56. The fraction of sp³-hybridized carbons (Fsp3) is 0.600. The van der Waals surface area contributed by atoms with Crippen molar-refractivity contribution in [2.75, 3.05) is 43.8 Å². The van der Waals surface area contributed by atoms with Gasteiger partial charge in [-0.05, 0) is 51.2 Å². The van der Waals surface area contributed by atoms with Gasteiger partial charge in [-0.1, -0.05) is 13.8 Å². The van der Waals surface area contributed by atoms with Crippen molar-refractivity contribution in [1.82, 2.24) is 9.62 Å². The largest absolute Gasteiger partial charge is 0.399 e. The number of rotatable bonds is 10. The third-order valence-electron chi connectivity index (χ3n) is 3.50. The highest BCUT2D eigenvalue weighted by atomic mass is 32.2. The summed E-state index contributed by atoms with van der Waals surface area (Å²) >= 11 is 0. The van der Waals surface area contributed by atoms with Crippen LogP contribution in [0, 0.1) is 0 Å². The van der Waals surface area contributed by atoms with Crippen LogP contribution >= 0.6 is 0 Å². The minimum absolute atomic E-state index is 0.206. The summed E-state index contributed by atoms with van der Waals surface area (Å²) in [6.45, 7) is 10.0. The van der Waals surface area contributed by atoms with Crippen molar-refractivity contribution in [2.45, 2.75) is 32.1 Å². The molecule has 0 amide bonds. The van der Waals surface area contributed by atoms with E-state index in [1.165, 1.54) is 6.07 Å². The Labute approximate surface area is 134 Å². The topological polar surface area (TPSA) is 87.5 Å². The number of hydrogen-bond acceptors (Lipinski definition) is 5. The molecule has 1 aromatic carbocycles. The molecule has 0 aliphatic rings. The van der Waals surface area contributed by atoms with Gasteiger partial charge < -0.3 is 16.0 Å². The fourth-order valence-electron chi connectivity index (χ4n) is 2.22. The summed E-state index contributed by atoms with van der Waals surface area (Å²) in [4.78, 5) is 2.47. The van der Waals surface area contributed by atoms with E-state index in [-0.39, 0.29) is 4.90 Å². The molecule has 0 heterocycles. The van der Waals surface area contributed by atoms with Gasteiger partial charge in [0.25, 0.3) is 0 Å². The van der Waals surface area contributed by atoms with E-state index >= 15 is 0 Å². The van der Waals surface area contributed by atoms with Gasteiger partial charge in [0.2, 0.25) is 10.0 Å². The Hall–Kier alpha value is -1.31. The van der Waals surface area contributed by atoms with Crippen molar-refractivity contribution in [3.8, 4) is 0 Å². The number of nitrogen functional groups attached to an aromatic ring is 1. The van der Waals surface area contributed by atoms with E-state index in [9.17, 15) is 8.42 Å². The van der Waals surface area contributed by atoms with Gasteiger partial charge in [-0.15, -0.1) is 0 Å². The van der Waals surface area contributed by atoms with Gasteiger partial charge in [0.15, 0.2) is 0 Å². The maximum atomic E-state index is 12.4. The zero-order valence-corrected chi connectivity index (χ0v) is 14.5. The van der Waals surface area contributed by atoms with Crippen LogP contribution in [0.2, 0.25) is 0 Å². The molecule has 0 radical (unpaired) electrons. The number of nitrogens with two attached hydrogens (primary N) is 1. The van der Waals surface area contributed by atoms with Crippen LogP contribution in [-0.2, 0) is 10.0 Å². The molecule has 0 aliphatic heterocycles. The minimum Gasteiger partial charge on any atom is -0.399 e. The lowest BCUT2D eigenvalue weighted by molar-refractivity contribution is 0.300. The lowest BCUT2D eigenvalue weighted by Gasteiger charge is -2.18. The molecule has 0 bridgehead atoms. The molecule has 7 heteroatoms. The van der Waals surface area contributed by atoms with Gasteiger partial charge in [0, 0.05) is 18.8 Å². The van der Waals surface area contributed by atoms with E-state index in [2.05, 4.69) is 28.8 Å². The molecule has 0 aliphatic carbocycles. The number of anilines is 2. The first-order valence-electron chi connectivity index (χ1n) is 7.80. The Balaban J connectivity index is 2.72. The van der Waals surface area contributed by atoms with E-state index in [1.54, 1.807) is 12.1 Å². The second-order valence-electron chi connectivity index (χ2n) is 5.06. The summed E-state index contributed by atoms with van der Waals surface area (Å²) in [5.41, 5.74) is 6.74. The quantitative estimate of drug-likeness (QED) is 0.449. The molecule has 0 fully saturated rings. The number of nitrogens with zero attached hydrogens (tertiary/aromatic N) is 1. The average Bonchev–Trinajstić information content (AvgIpc) is 2.49. The van der Waals surface area contributed by atoms with Crippen LogP contribution < -0.4 is 15.8 Å². The van der Waals surface area contributed by atoms with Crippen LogP contribution in [0.3, 0.4) is 0 Å². The first kappa shape index (κ1) is 18.7. The maximum absolute atomic E-state index is 12.4. The SMILES string of the molecule is CCNc1ccc(N)cc1S(=O)(=O)NCCCN(CC)CC. The van der Waals surface area contributed by atoms with Crippen molar-refractivity contribution >= 4 is 21.4 Å². The first-order valence-corrected chi connectivity index (χ1v) is 9.28. The van der Waals surface area contributed by atoms with Gasteiger partial charge in [-0.25, -0.2) is 13.1 Å². The average molecular weight is 328 g/mol. The number of sulfonamides is 1. The molecular formula is C15H28N4O2S. The maximum Gasteiger partial charge on any atom is 0.242 e. The van der Waals surface area contributed by atoms with E-state index in [0.29, 0.717) is 24.5 Å². The smallest absolute Gasteiger partial charge is 0.242 e. The van der Waals surface area contributed by atoms with Crippen LogP contribution in [-0.4, -0.2) is 46.0 Å². The second kappa shape index (κ2) is 8.97. The van der Waals surface area contributed by atoms with Crippen LogP contribution in [0.15, 0.2) is 23.1 Å². The Morgan fingerprint density at radius 2 is 1.86 bits per heavy atom. The Morgan fingerprint density at radius 3 is 2.45 bits per heavy atom.